The third-order valence-electron chi connectivity index (χ3n) is 9.16. The van der Waals surface area contributed by atoms with Crippen molar-refractivity contribution in [3.63, 3.8) is 0 Å². The molecule has 276 valence electrons. The Morgan fingerprint density at radius 1 is 0.471 bits per heavy atom. The van der Waals surface area contributed by atoms with Gasteiger partial charge in [-0.25, -0.2) is 13.2 Å². The van der Waals surface area contributed by atoms with Crippen LogP contribution in [0.25, 0.3) is 0 Å². The van der Waals surface area contributed by atoms with Gasteiger partial charge < -0.3 is 14.2 Å². The second kappa shape index (κ2) is 21.1. The number of esters is 3. The van der Waals surface area contributed by atoms with E-state index in [-0.39, 0.29) is 35.4 Å². The predicted molar refractivity (Wildman–Crippen MR) is 199 cm³/mol. The molecule has 0 heterocycles. The minimum absolute atomic E-state index is 0.222. The van der Waals surface area contributed by atoms with Gasteiger partial charge in [0.15, 0.2) is 0 Å². The normalized spacial score (nSPS) is 16.1. The summed E-state index contributed by atoms with van der Waals surface area (Å²) in [5.41, 5.74) is 0. The summed E-state index contributed by atoms with van der Waals surface area (Å²) < 4.78 is 55.4. The molecule has 0 unspecified atom stereocenters. The Kier molecular flexibility index (Phi) is 17.0. The molecule has 0 aliphatic heterocycles. The molecular weight excluding hydrogens is 861 g/mol. The smallest absolute Gasteiger partial charge is 0.311 e. The quantitative estimate of drug-likeness (QED) is 0.157. The zero-order valence-electron chi connectivity index (χ0n) is 28.3. The minimum atomic E-state index is -0.362. The van der Waals surface area contributed by atoms with Crippen LogP contribution in [0.1, 0.15) is 96.3 Å². The van der Waals surface area contributed by atoms with Gasteiger partial charge in [0.25, 0.3) is 0 Å². The second-order valence-electron chi connectivity index (χ2n) is 13.2. The van der Waals surface area contributed by atoms with Crippen molar-refractivity contribution in [1.82, 2.24) is 0 Å². The molecule has 0 amide bonds. The molecule has 0 radical (unpaired) electrons. The van der Waals surface area contributed by atoms with Gasteiger partial charge in [-0.1, -0.05) is 38.5 Å². The first-order valence-corrected chi connectivity index (χ1v) is 19.8. The van der Waals surface area contributed by atoms with Crippen molar-refractivity contribution in [1.29, 1.82) is 0 Å². The number of carbonyl (C=O) groups is 3. The van der Waals surface area contributed by atoms with Crippen LogP contribution < -0.4 is 14.2 Å². The Morgan fingerprint density at radius 3 is 1.00 bits per heavy atom. The fourth-order valence-corrected chi connectivity index (χ4v) is 7.22. The van der Waals surface area contributed by atoms with Crippen LogP contribution in [0.2, 0.25) is 0 Å². The Bertz CT molecular complexity index is 1620. The van der Waals surface area contributed by atoms with Crippen LogP contribution in [0.3, 0.4) is 0 Å². The largest absolute Gasteiger partial charge is 0.426 e. The highest BCUT2D eigenvalue weighted by atomic mass is 79.9. The molecule has 0 atom stereocenters. The first-order chi connectivity index (χ1) is 24.4. The van der Waals surface area contributed by atoms with Gasteiger partial charge in [0.1, 0.15) is 34.7 Å². The van der Waals surface area contributed by atoms with Crippen LogP contribution in [0, 0.1) is 35.2 Å². The summed E-state index contributed by atoms with van der Waals surface area (Å²) in [5, 5.41) is 0. The molecule has 6 rings (SSSR count). The van der Waals surface area contributed by atoms with Crippen LogP contribution >= 0.6 is 47.8 Å². The van der Waals surface area contributed by atoms with Gasteiger partial charge in [0.2, 0.25) is 0 Å². The van der Waals surface area contributed by atoms with E-state index in [0.29, 0.717) is 67.7 Å². The number of rotatable bonds is 9. The molecule has 51 heavy (non-hydrogen) atoms. The summed E-state index contributed by atoms with van der Waals surface area (Å²) in [5.74, 6) is 0.807. The van der Waals surface area contributed by atoms with Crippen LogP contribution in [0.15, 0.2) is 68.0 Å². The minimum Gasteiger partial charge on any atom is -0.426 e. The molecule has 0 saturated heterocycles. The average molecular weight is 903 g/mol. The van der Waals surface area contributed by atoms with Gasteiger partial charge in [-0.15, -0.1) is 0 Å². The standard InChI is InChI=1S/C14H16BrFO2.C13H14BrFO2.C12H12BrFO2/c15-12-9-11(6-7-13(12)16)18-14(17)8-10-4-2-1-3-5-10;14-11-8-10(5-6-12(11)15)17-13(16)7-9-3-1-2-4-9;13-10-7-9(4-5-11(10)14)16-12(15)6-8-2-1-3-8/h6-7,9-10H,1-5,8H2;5-6,8-9H,1-4,7H2;4-5,7-8H,1-3,6H2. The van der Waals surface area contributed by atoms with Crippen LogP contribution in [0.4, 0.5) is 13.2 Å². The van der Waals surface area contributed by atoms with Gasteiger partial charge in [0, 0.05) is 19.3 Å². The maximum Gasteiger partial charge on any atom is 0.311 e. The number of carbonyl (C=O) groups excluding carboxylic acids is 3. The lowest BCUT2D eigenvalue weighted by atomic mass is 9.83. The summed E-state index contributed by atoms with van der Waals surface area (Å²) in [6, 6.07) is 12.7. The van der Waals surface area contributed by atoms with Crippen LogP contribution in [0.5, 0.6) is 17.2 Å². The molecular formula is C39H42Br3F3O6. The van der Waals surface area contributed by atoms with E-state index in [9.17, 15) is 27.6 Å². The monoisotopic (exact) mass is 900 g/mol. The number of hydrogen-bond acceptors (Lipinski definition) is 6. The Hall–Kier alpha value is -2.70. The van der Waals surface area contributed by atoms with Crippen molar-refractivity contribution in [3.8, 4) is 17.2 Å². The van der Waals surface area contributed by atoms with Gasteiger partial charge >= 0.3 is 17.9 Å². The maximum absolute atomic E-state index is 13.0. The van der Waals surface area contributed by atoms with E-state index in [1.54, 1.807) is 0 Å². The zero-order chi connectivity index (χ0) is 36.8. The topological polar surface area (TPSA) is 78.9 Å². The third kappa shape index (κ3) is 14.7. The summed E-state index contributed by atoms with van der Waals surface area (Å²) in [6.07, 6.45) is 15.4. The summed E-state index contributed by atoms with van der Waals surface area (Å²) in [7, 11) is 0. The van der Waals surface area contributed by atoms with Gasteiger partial charge in [-0.05, 0) is 159 Å². The molecule has 3 aromatic carbocycles. The highest BCUT2D eigenvalue weighted by Crippen LogP contribution is 2.31. The summed E-state index contributed by atoms with van der Waals surface area (Å²) >= 11 is 9.17. The predicted octanol–water partition coefficient (Wildman–Crippen LogP) is 12.2. The van der Waals surface area contributed by atoms with Gasteiger partial charge in [-0.3, -0.25) is 14.4 Å². The number of hydrogen-bond donors (Lipinski definition) is 0. The molecule has 6 nitrogen and oxygen atoms in total. The Labute approximate surface area is 322 Å². The molecule has 3 aliphatic rings. The Balaban J connectivity index is 0.000000172. The van der Waals surface area contributed by atoms with Crippen molar-refractivity contribution in [2.45, 2.75) is 96.3 Å². The SMILES string of the molecule is O=C(CC1CCC1)Oc1ccc(F)c(Br)c1.O=C(CC1CCCC1)Oc1ccc(F)c(Br)c1.O=C(CC1CCCCC1)Oc1ccc(F)c(Br)c1. The van der Waals surface area contributed by atoms with E-state index in [4.69, 9.17) is 14.2 Å². The van der Waals surface area contributed by atoms with E-state index < -0.39 is 0 Å². The fraction of sp³-hybridized carbons (Fsp3) is 0.462. The molecule has 0 spiro atoms. The number of benzene rings is 3. The molecule has 0 bridgehead atoms. The van der Waals surface area contributed by atoms with Gasteiger partial charge in [0.05, 0.1) is 13.4 Å². The number of ether oxygens (including phenoxy) is 3. The molecule has 12 heteroatoms. The van der Waals surface area contributed by atoms with E-state index in [1.165, 1.54) is 93.1 Å². The van der Waals surface area contributed by atoms with Crippen molar-refractivity contribution in [3.05, 3.63) is 85.5 Å². The highest BCUT2D eigenvalue weighted by Gasteiger charge is 2.22. The second-order valence-corrected chi connectivity index (χ2v) is 15.8. The van der Waals surface area contributed by atoms with Crippen molar-refractivity contribution < 1.29 is 41.8 Å². The van der Waals surface area contributed by atoms with Crippen LogP contribution in [-0.4, -0.2) is 17.9 Å². The number of halogens is 6. The molecule has 3 aromatic rings. The molecule has 3 fully saturated rings. The lowest BCUT2D eigenvalue weighted by Gasteiger charge is -2.23. The molecule has 3 aliphatic carbocycles. The maximum atomic E-state index is 13.0. The molecule has 0 aromatic heterocycles. The zero-order valence-corrected chi connectivity index (χ0v) is 33.0. The fourth-order valence-electron chi connectivity index (χ4n) is 6.15. The highest BCUT2D eigenvalue weighted by molar-refractivity contribution is 9.11. The van der Waals surface area contributed by atoms with E-state index in [2.05, 4.69) is 47.8 Å². The van der Waals surface area contributed by atoms with E-state index in [1.807, 2.05) is 0 Å². The molecule has 3 saturated carbocycles. The van der Waals surface area contributed by atoms with E-state index >= 15 is 0 Å². The summed E-state index contributed by atoms with van der Waals surface area (Å²) in [4.78, 5) is 34.9. The van der Waals surface area contributed by atoms with Crippen LogP contribution in [-0.2, 0) is 14.4 Å². The molecule has 0 N–H and O–H groups in total. The first-order valence-electron chi connectivity index (χ1n) is 17.4. The van der Waals surface area contributed by atoms with Crippen molar-refractivity contribution in [2.24, 2.45) is 17.8 Å². The first kappa shape index (κ1) is 41.1. The Morgan fingerprint density at radius 2 is 0.745 bits per heavy atom. The van der Waals surface area contributed by atoms with Gasteiger partial charge in [-0.2, -0.15) is 0 Å². The lowest BCUT2D eigenvalue weighted by molar-refractivity contribution is -0.136. The van der Waals surface area contributed by atoms with Crippen molar-refractivity contribution >= 4 is 65.7 Å². The van der Waals surface area contributed by atoms with E-state index in [0.717, 1.165) is 38.5 Å². The lowest BCUT2D eigenvalue weighted by Crippen LogP contribution is -2.19. The summed E-state index contributed by atoms with van der Waals surface area (Å²) in [6.45, 7) is 0. The van der Waals surface area contributed by atoms with Crippen molar-refractivity contribution in [2.75, 3.05) is 0 Å². The third-order valence-corrected chi connectivity index (χ3v) is 11.0. The average Bonchev–Trinajstić information content (AvgIpc) is 3.58.